The van der Waals surface area contributed by atoms with E-state index < -0.39 is 5.97 Å². The molecule has 1 aromatic heterocycles. The number of hydrogen-bond donors (Lipinski definition) is 1. The molecule has 92 valence electrons. The van der Waals surface area contributed by atoms with Crippen molar-refractivity contribution in [3.63, 3.8) is 0 Å². The van der Waals surface area contributed by atoms with Gasteiger partial charge in [0.25, 0.3) is 0 Å². The largest absolute Gasteiger partial charge is 0.475 e. The number of hydrogen-bond acceptors (Lipinski definition) is 4. The summed E-state index contributed by atoms with van der Waals surface area (Å²) in [6.45, 7) is 0.185. The van der Waals surface area contributed by atoms with Gasteiger partial charge in [-0.2, -0.15) is 0 Å². The van der Waals surface area contributed by atoms with Crippen LogP contribution in [0.4, 0.5) is 0 Å². The Bertz CT molecular complexity index is 443. The van der Waals surface area contributed by atoms with E-state index in [4.69, 9.17) is 14.3 Å². The number of nitrogens with zero attached hydrogens (tertiary/aromatic N) is 1. The first-order valence-electron chi connectivity index (χ1n) is 5.91. The minimum absolute atomic E-state index is 0.0672. The Labute approximate surface area is 98.8 Å². The molecule has 2 atom stereocenters. The highest BCUT2D eigenvalue weighted by Gasteiger charge is 2.47. The van der Waals surface area contributed by atoms with E-state index in [1.54, 1.807) is 0 Å². The predicted octanol–water partition coefficient (Wildman–Crippen LogP) is 2.03. The number of carboxylic acid groups (broad SMARTS) is 1. The van der Waals surface area contributed by atoms with Crippen LogP contribution in [0, 0.1) is 11.8 Å². The van der Waals surface area contributed by atoms with Gasteiger partial charge in [0.15, 0.2) is 5.89 Å². The van der Waals surface area contributed by atoms with Crippen LogP contribution in [0.1, 0.15) is 47.3 Å². The maximum Gasteiger partial charge on any atom is 0.373 e. The Kier molecular flexibility index (Phi) is 2.43. The van der Waals surface area contributed by atoms with Gasteiger partial charge in [0.05, 0.1) is 6.61 Å². The molecule has 5 nitrogen and oxygen atoms in total. The van der Waals surface area contributed by atoms with Crippen LogP contribution in [0.25, 0.3) is 0 Å². The van der Waals surface area contributed by atoms with Gasteiger partial charge < -0.3 is 14.3 Å². The van der Waals surface area contributed by atoms with Gasteiger partial charge in [-0.15, -0.1) is 0 Å². The number of aromatic nitrogens is 1. The van der Waals surface area contributed by atoms with Crippen molar-refractivity contribution in [3.8, 4) is 0 Å². The second kappa shape index (κ2) is 3.84. The van der Waals surface area contributed by atoms with Crippen molar-refractivity contribution in [1.82, 2.24) is 4.98 Å². The lowest BCUT2D eigenvalue weighted by Crippen LogP contribution is -2.00. The number of rotatable bonds is 4. The van der Waals surface area contributed by atoms with Crippen molar-refractivity contribution in [1.29, 1.82) is 0 Å². The molecule has 2 unspecified atom stereocenters. The van der Waals surface area contributed by atoms with Gasteiger partial charge in [0, 0.05) is 13.0 Å². The highest BCUT2D eigenvalue weighted by atomic mass is 16.5. The number of carboxylic acids is 1. The maximum absolute atomic E-state index is 11.0. The Hall–Kier alpha value is -1.36. The molecule has 0 saturated heterocycles. The summed E-state index contributed by atoms with van der Waals surface area (Å²) >= 11 is 0. The minimum Gasteiger partial charge on any atom is -0.475 e. The van der Waals surface area contributed by atoms with Gasteiger partial charge in [-0.3, -0.25) is 0 Å². The molecule has 0 radical (unpaired) electrons. The third-order valence-corrected chi connectivity index (χ3v) is 3.78. The van der Waals surface area contributed by atoms with E-state index in [1.165, 1.54) is 13.5 Å². The van der Waals surface area contributed by atoms with Crippen LogP contribution >= 0.6 is 0 Å². The molecule has 0 aliphatic heterocycles. The van der Waals surface area contributed by atoms with E-state index in [9.17, 15) is 4.79 Å². The molecule has 3 rings (SSSR count). The summed E-state index contributed by atoms with van der Waals surface area (Å²) < 4.78 is 10.3. The standard InChI is InChI=1S/C12H15NO4/c1-16-5-9-10(12(14)15)17-11(13-9)8-3-6-2-7(6)4-8/h6-8H,2-5H2,1H3,(H,14,15). The summed E-state index contributed by atoms with van der Waals surface area (Å²) in [6, 6.07) is 0. The van der Waals surface area contributed by atoms with E-state index >= 15 is 0 Å². The van der Waals surface area contributed by atoms with Gasteiger partial charge in [-0.05, 0) is 31.1 Å². The molecule has 17 heavy (non-hydrogen) atoms. The molecule has 1 N–H and O–H groups in total. The fourth-order valence-electron chi connectivity index (χ4n) is 2.86. The average Bonchev–Trinajstić information content (AvgIpc) is 2.77. The summed E-state index contributed by atoms with van der Waals surface area (Å²) in [5.41, 5.74) is 0.399. The lowest BCUT2D eigenvalue weighted by molar-refractivity contribution is 0.0653. The first-order chi connectivity index (χ1) is 8.19. The molecule has 0 aromatic carbocycles. The third kappa shape index (κ3) is 1.84. The number of aromatic carboxylic acids is 1. The summed E-state index contributed by atoms with van der Waals surface area (Å²) in [6.07, 6.45) is 3.52. The second-order valence-electron chi connectivity index (χ2n) is 4.99. The molecule has 0 spiro atoms. The normalized spacial score (nSPS) is 30.3. The number of methoxy groups -OCH3 is 1. The van der Waals surface area contributed by atoms with E-state index in [2.05, 4.69) is 4.98 Å². The van der Waals surface area contributed by atoms with Crippen LogP contribution in [-0.4, -0.2) is 23.2 Å². The fourth-order valence-corrected chi connectivity index (χ4v) is 2.86. The van der Waals surface area contributed by atoms with Crippen molar-refractivity contribution < 1.29 is 19.1 Å². The lowest BCUT2D eigenvalue weighted by atomic mass is 10.0. The molecule has 2 saturated carbocycles. The molecular weight excluding hydrogens is 222 g/mol. The first-order valence-corrected chi connectivity index (χ1v) is 5.91. The summed E-state index contributed by atoms with van der Waals surface area (Å²) in [7, 11) is 1.52. The Morgan fingerprint density at radius 2 is 2.18 bits per heavy atom. The molecule has 5 heteroatoms. The van der Waals surface area contributed by atoms with Crippen LogP contribution in [0.3, 0.4) is 0 Å². The van der Waals surface area contributed by atoms with Crippen LogP contribution < -0.4 is 0 Å². The third-order valence-electron chi connectivity index (χ3n) is 3.78. The van der Waals surface area contributed by atoms with E-state index in [1.807, 2.05) is 0 Å². The Balaban J connectivity index is 1.84. The van der Waals surface area contributed by atoms with E-state index in [0.29, 0.717) is 17.5 Å². The summed E-state index contributed by atoms with van der Waals surface area (Å²) in [4.78, 5) is 15.3. The van der Waals surface area contributed by atoms with Gasteiger partial charge >= 0.3 is 5.97 Å². The number of oxazole rings is 1. The monoisotopic (exact) mass is 237 g/mol. The number of ether oxygens (including phenoxy) is 1. The zero-order valence-electron chi connectivity index (χ0n) is 9.68. The average molecular weight is 237 g/mol. The van der Waals surface area contributed by atoms with Gasteiger partial charge in [-0.1, -0.05) is 0 Å². The van der Waals surface area contributed by atoms with E-state index in [-0.39, 0.29) is 12.4 Å². The molecule has 2 aliphatic carbocycles. The lowest BCUT2D eigenvalue weighted by Gasteiger charge is -2.05. The fraction of sp³-hybridized carbons (Fsp3) is 0.667. The Morgan fingerprint density at radius 1 is 1.47 bits per heavy atom. The molecule has 0 amide bonds. The van der Waals surface area contributed by atoms with Crippen LogP contribution in [0.15, 0.2) is 4.42 Å². The topological polar surface area (TPSA) is 72.6 Å². The molecule has 1 heterocycles. The SMILES string of the molecule is COCc1nc(C2CC3CC3C2)oc1C(=O)O. The zero-order valence-corrected chi connectivity index (χ0v) is 9.68. The molecule has 2 fully saturated rings. The quantitative estimate of drug-likeness (QED) is 0.867. The van der Waals surface area contributed by atoms with Crippen molar-refractivity contribution in [2.24, 2.45) is 11.8 Å². The molecule has 1 aromatic rings. The highest BCUT2D eigenvalue weighted by Crippen LogP contribution is 2.57. The highest BCUT2D eigenvalue weighted by molar-refractivity contribution is 5.85. The van der Waals surface area contributed by atoms with Crippen molar-refractivity contribution >= 4 is 5.97 Å². The van der Waals surface area contributed by atoms with Gasteiger partial charge in [0.1, 0.15) is 5.69 Å². The predicted molar refractivity (Wildman–Crippen MR) is 57.7 cm³/mol. The first kappa shape index (κ1) is 10.8. The zero-order chi connectivity index (χ0) is 12.0. The smallest absolute Gasteiger partial charge is 0.373 e. The number of fused-ring (bicyclic) bond motifs is 1. The molecule has 0 bridgehead atoms. The van der Waals surface area contributed by atoms with E-state index in [0.717, 1.165) is 24.7 Å². The van der Waals surface area contributed by atoms with Crippen molar-refractivity contribution in [2.45, 2.75) is 31.8 Å². The Morgan fingerprint density at radius 3 is 2.76 bits per heavy atom. The number of carbonyl (C=O) groups is 1. The van der Waals surface area contributed by atoms with Crippen LogP contribution in [-0.2, 0) is 11.3 Å². The maximum atomic E-state index is 11.0. The molecule has 2 aliphatic rings. The van der Waals surface area contributed by atoms with Crippen LogP contribution in [0.5, 0.6) is 0 Å². The van der Waals surface area contributed by atoms with Gasteiger partial charge in [-0.25, -0.2) is 9.78 Å². The summed E-state index contributed by atoms with van der Waals surface area (Å²) in [5, 5.41) is 9.02. The van der Waals surface area contributed by atoms with Crippen LogP contribution in [0.2, 0.25) is 0 Å². The summed E-state index contributed by atoms with van der Waals surface area (Å²) in [5.74, 6) is 1.41. The molecular formula is C12H15NO4. The van der Waals surface area contributed by atoms with Gasteiger partial charge in [0.2, 0.25) is 5.76 Å². The second-order valence-corrected chi connectivity index (χ2v) is 4.99. The minimum atomic E-state index is -1.07. The van der Waals surface area contributed by atoms with Crippen molar-refractivity contribution in [3.05, 3.63) is 17.3 Å². The van der Waals surface area contributed by atoms with Crippen molar-refractivity contribution in [2.75, 3.05) is 7.11 Å².